The Labute approximate surface area is 98.1 Å². The van der Waals surface area contributed by atoms with Crippen LogP contribution in [0.15, 0.2) is 22.7 Å². The van der Waals surface area contributed by atoms with E-state index in [2.05, 4.69) is 15.4 Å². The lowest BCUT2D eigenvalue weighted by Crippen LogP contribution is -2.43. The number of piperazine rings is 1. The van der Waals surface area contributed by atoms with Gasteiger partial charge in [-0.25, -0.2) is 0 Å². The normalized spacial score (nSPS) is 16.9. The summed E-state index contributed by atoms with van der Waals surface area (Å²) in [5.41, 5.74) is 0.678. The average Bonchev–Trinajstić information content (AvgIpc) is 2.75. The molecule has 1 aromatic heterocycles. The Hall–Kier alpha value is -1.26. The van der Waals surface area contributed by atoms with Crippen LogP contribution in [0.5, 0.6) is 0 Å². The lowest BCUT2D eigenvalue weighted by atomic mass is 10.2. The number of rotatable bonds is 1. The van der Waals surface area contributed by atoms with Gasteiger partial charge in [-0.15, -0.1) is 0 Å². The molecule has 16 heavy (non-hydrogen) atoms. The van der Waals surface area contributed by atoms with Crippen LogP contribution in [0.1, 0.15) is 0 Å². The van der Waals surface area contributed by atoms with Crippen molar-refractivity contribution < 1.29 is 4.52 Å². The molecular formula is C11H12ClN3O. The number of aromatic nitrogens is 1. The van der Waals surface area contributed by atoms with Crippen molar-refractivity contribution in [1.29, 1.82) is 0 Å². The van der Waals surface area contributed by atoms with Crippen LogP contribution in [0, 0.1) is 0 Å². The van der Waals surface area contributed by atoms with E-state index >= 15 is 0 Å². The summed E-state index contributed by atoms with van der Waals surface area (Å²) in [5.74, 6) is 0.902. The molecule has 0 atom stereocenters. The molecule has 1 aliphatic heterocycles. The third-order valence-corrected chi connectivity index (χ3v) is 3.15. The monoisotopic (exact) mass is 237 g/mol. The maximum atomic E-state index is 6.04. The molecule has 1 fully saturated rings. The molecule has 0 radical (unpaired) electrons. The second kappa shape index (κ2) is 3.96. The third-order valence-electron chi connectivity index (χ3n) is 2.85. The van der Waals surface area contributed by atoms with E-state index in [-0.39, 0.29) is 0 Å². The standard InChI is InChI=1S/C11H12ClN3O/c12-9-3-1-2-8-10(9)16-14-11(8)15-6-4-13-5-7-15/h1-3,13H,4-7H2. The van der Waals surface area contributed by atoms with Gasteiger partial charge in [-0.3, -0.25) is 0 Å². The van der Waals surface area contributed by atoms with Gasteiger partial charge in [0, 0.05) is 26.2 Å². The molecule has 1 aromatic carbocycles. The summed E-state index contributed by atoms with van der Waals surface area (Å²) in [7, 11) is 0. The molecule has 84 valence electrons. The second-order valence-corrected chi connectivity index (χ2v) is 4.27. The zero-order chi connectivity index (χ0) is 11.0. The van der Waals surface area contributed by atoms with Gasteiger partial charge in [0.15, 0.2) is 11.4 Å². The molecular weight excluding hydrogens is 226 g/mol. The number of fused-ring (bicyclic) bond motifs is 1. The Balaban J connectivity index is 2.06. The molecule has 0 saturated carbocycles. The Morgan fingerprint density at radius 2 is 2.12 bits per heavy atom. The highest BCUT2D eigenvalue weighted by Crippen LogP contribution is 2.30. The molecule has 2 aromatic rings. The summed E-state index contributed by atoms with van der Waals surface area (Å²) in [6, 6.07) is 5.74. The first-order valence-electron chi connectivity index (χ1n) is 5.36. The van der Waals surface area contributed by atoms with Crippen LogP contribution in [-0.2, 0) is 0 Å². The maximum absolute atomic E-state index is 6.04. The van der Waals surface area contributed by atoms with Crippen molar-refractivity contribution in [3.8, 4) is 0 Å². The predicted octanol–water partition coefficient (Wildman–Crippen LogP) is 1.89. The third kappa shape index (κ3) is 1.54. The minimum Gasteiger partial charge on any atom is -0.352 e. The highest BCUT2D eigenvalue weighted by atomic mass is 35.5. The maximum Gasteiger partial charge on any atom is 0.187 e. The first kappa shape index (κ1) is 9.93. The van der Waals surface area contributed by atoms with Crippen molar-refractivity contribution in [2.45, 2.75) is 0 Å². The fourth-order valence-corrected chi connectivity index (χ4v) is 2.23. The smallest absolute Gasteiger partial charge is 0.187 e. The molecule has 0 spiro atoms. The lowest BCUT2D eigenvalue weighted by Gasteiger charge is -2.26. The molecule has 0 amide bonds. The molecule has 0 bridgehead atoms. The number of nitrogens with one attached hydrogen (secondary N) is 1. The largest absolute Gasteiger partial charge is 0.352 e. The van der Waals surface area contributed by atoms with Crippen molar-refractivity contribution in [3.05, 3.63) is 23.2 Å². The topological polar surface area (TPSA) is 41.3 Å². The van der Waals surface area contributed by atoms with E-state index in [1.54, 1.807) is 0 Å². The molecule has 1 saturated heterocycles. The van der Waals surface area contributed by atoms with Gasteiger partial charge >= 0.3 is 0 Å². The zero-order valence-corrected chi connectivity index (χ0v) is 9.50. The van der Waals surface area contributed by atoms with Crippen molar-refractivity contribution in [2.24, 2.45) is 0 Å². The molecule has 2 heterocycles. The number of hydrogen-bond donors (Lipinski definition) is 1. The van der Waals surface area contributed by atoms with Crippen LogP contribution >= 0.6 is 11.6 Å². The van der Waals surface area contributed by atoms with Crippen molar-refractivity contribution in [1.82, 2.24) is 10.5 Å². The van der Waals surface area contributed by atoms with Crippen molar-refractivity contribution in [2.75, 3.05) is 31.1 Å². The lowest BCUT2D eigenvalue weighted by molar-refractivity contribution is 0.451. The molecule has 1 N–H and O–H groups in total. The summed E-state index contributed by atoms with van der Waals surface area (Å²) < 4.78 is 5.29. The first-order chi connectivity index (χ1) is 7.86. The molecule has 0 unspecified atom stereocenters. The Morgan fingerprint density at radius 3 is 2.94 bits per heavy atom. The molecule has 4 nitrogen and oxygen atoms in total. The molecule has 3 rings (SSSR count). The quantitative estimate of drug-likeness (QED) is 0.823. The number of anilines is 1. The van der Waals surface area contributed by atoms with E-state index in [4.69, 9.17) is 16.1 Å². The highest BCUT2D eigenvalue weighted by molar-refractivity contribution is 6.35. The van der Waals surface area contributed by atoms with Crippen LogP contribution in [0.4, 0.5) is 5.82 Å². The van der Waals surface area contributed by atoms with Gasteiger partial charge in [0.25, 0.3) is 0 Å². The average molecular weight is 238 g/mol. The van der Waals surface area contributed by atoms with E-state index in [1.807, 2.05) is 18.2 Å². The second-order valence-electron chi connectivity index (χ2n) is 3.86. The SMILES string of the molecule is Clc1cccc2c(N3CCNCC3)noc12. The highest BCUT2D eigenvalue weighted by Gasteiger charge is 2.18. The van der Waals surface area contributed by atoms with Gasteiger partial charge in [-0.05, 0) is 12.1 Å². The minimum atomic E-state index is 0.617. The van der Waals surface area contributed by atoms with E-state index in [9.17, 15) is 0 Å². The van der Waals surface area contributed by atoms with Crippen LogP contribution in [0.25, 0.3) is 11.0 Å². The van der Waals surface area contributed by atoms with Gasteiger partial charge in [0.05, 0.1) is 10.4 Å². The van der Waals surface area contributed by atoms with Gasteiger partial charge < -0.3 is 14.7 Å². The van der Waals surface area contributed by atoms with Gasteiger partial charge in [0.2, 0.25) is 0 Å². The van der Waals surface area contributed by atoms with E-state index in [0.29, 0.717) is 10.6 Å². The van der Waals surface area contributed by atoms with E-state index in [1.165, 1.54) is 0 Å². The Bertz CT molecular complexity index is 505. The predicted molar refractivity (Wildman–Crippen MR) is 64.1 cm³/mol. The van der Waals surface area contributed by atoms with Gasteiger partial charge in [-0.2, -0.15) is 0 Å². The van der Waals surface area contributed by atoms with Crippen LogP contribution in [0.2, 0.25) is 5.02 Å². The number of para-hydroxylation sites is 1. The van der Waals surface area contributed by atoms with Crippen LogP contribution in [-0.4, -0.2) is 31.3 Å². The fourth-order valence-electron chi connectivity index (χ4n) is 2.02. The first-order valence-corrected chi connectivity index (χ1v) is 5.73. The van der Waals surface area contributed by atoms with Crippen molar-refractivity contribution in [3.63, 3.8) is 0 Å². The number of nitrogens with zero attached hydrogens (tertiary/aromatic N) is 2. The Kier molecular flexibility index (Phi) is 2.46. The summed E-state index contributed by atoms with van der Waals surface area (Å²) >= 11 is 6.04. The number of hydrogen-bond acceptors (Lipinski definition) is 4. The Morgan fingerprint density at radius 1 is 1.31 bits per heavy atom. The van der Waals surface area contributed by atoms with Gasteiger partial charge in [0.1, 0.15) is 0 Å². The van der Waals surface area contributed by atoms with E-state index in [0.717, 1.165) is 37.4 Å². The number of halogens is 1. The zero-order valence-electron chi connectivity index (χ0n) is 8.74. The van der Waals surface area contributed by atoms with Crippen LogP contribution in [0.3, 0.4) is 0 Å². The minimum absolute atomic E-state index is 0.617. The molecule has 5 heteroatoms. The summed E-state index contributed by atoms with van der Waals surface area (Å²) in [4.78, 5) is 2.22. The number of benzene rings is 1. The summed E-state index contributed by atoms with van der Waals surface area (Å²) in [6.07, 6.45) is 0. The molecule has 0 aliphatic carbocycles. The summed E-state index contributed by atoms with van der Waals surface area (Å²) in [5, 5.41) is 9.04. The molecule has 1 aliphatic rings. The van der Waals surface area contributed by atoms with E-state index < -0.39 is 0 Å². The van der Waals surface area contributed by atoms with Gasteiger partial charge in [-0.1, -0.05) is 22.8 Å². The van der Waals surface area contributed by atoms with Crippen LogP contribution < -0.4 is 10.2 Å². The summed E-state index contributed by atoms with van der Waals surface area (Å²) in [6.45, 7) is 3.87. The van der Waals surface area contributed by atoms with Crippen molar-refractivity contribution >= 4 is 28.4 Å². The fraction of sp³-hybridized carbons (Fsp3) is 0.364.